The maximum atomic E-state index is 12.6. The van der Waals surface area contributed by atoms with Gasteiger partial charge in [0.2, 0.25) is 12.7 Å². The molecule has 0 bridgehead atoms. The standard InChI is InChI=1S/C19H21N3O5/c1-12-4-6-20-22(12)7-5-18(23)21-9-14(15(10-21)19(24)25)13-2-3-16-17(8-13)27-11-26-16/h2-4,6,8,14-15H,5,7,9-11H2,1H3,(H,24,25)/t14-,15+/m1/s1. The molecular weight excluding hydrogens is 350 g/mol. The van der Waals surface area contributed by atoms with Gasteiger partial charge in [-0.05, 0) is 30.7 Å². The molecule has 2 atom stereocenters. The molecule has 142 valence electrons. The molecule has 0 saturated carbocycles. The minimum atomic E-state index is -0.893. The minimum absolute atomic E-state index is 0.0561. The summed E-state index contributed by atoms with van der Waals surface area (Å²) in [5.41, 5.74) is 1.84. The Balaban J connectivity index is 1.47. The number of likely N-dealkylation sites (tertiary alicyclic amines) is 1. The third kappa shape index (κ3) is 3.34. The minimum Gasteiger partial charge on any atom is -0.481 e. The first-order valence-electron chi connectivity index (χ1n) is 8.91. The molecule has 1 amide bonds. The van der Waals surface area contributed by atoms with Crippen LogP contribution in [0, 0.1) is 12.8 Å². The van der Waals surface area contributed by atoms with Crippen molar-refractivity contribution in [3.05, 3.63) is 41.7 Å². The Bertz CT molecular complexity index is 878. The maximum Gasteiger partial charge on any atom is 0.308 e. The van der Waals surface area contributed by atoms with Crippen molar-refractivity contribution in [3.63, 3.8) is 0 Å². The van der Waals surface area contributed by atoms with E-state index in [1.165, 1.54) is 0 Å². The van der Waals surface area contributed by atoms with Crippen LogP contribution >= 0.6 is 0 Å². The lowest BCUT2D eigenvalue weighted by Gasteiger charge is -2.17. The SMILES string of the molecule is Cc1ccnn1CCC(=O)N1C[C@H](C(=O)O)[C@@H](c2ccc3c(c2)OCO3)C1. The van der Waals surface area contributed by atoms with E-state index < -0.39 is 11.9 Å². The molecule has 0 unspecified atom stereocenters. The summed E-state index contributed by atoms with van der Waals surface area (Å²) in [6.45, 7) is 3.19. The zero-order chi connectivity index (χ0) is 19.0. The van der Waals surface area contributed by atoms with Crippen molar-refractivity contribution in [1.29, 1.82) is 0 Å². The van der Waals surface area contributed by atoms with Gasteiger partial charge in [0.15, 0.2) is 11.5 Å². The van der Waals surface area contributed by atoms with Crippen LogP contribution in [0.1, 0.15) is 23.6 Å². The van der Waals surface area contributed by atoms with Crippen molar-refractivity contribution in [2.45, 2.75) is 25.8 Å². The summed E-state index contributed by atoms with van der Waals surface area (Å²) in [7, 11) is 0. The largest absolute Gasteiger partial charge is 0.481 e. The number of hydrogen-bond donors (Lipinski definition) is 1. The Morgan fingerprint density at radius 1 is 1.22 bits per heavy atom. The Kier molecular flexibility index (Phi) is 4.47. The van der Waals surface area contributed by atoms with Crippen LogP contribution in [-0.4, -0.2) is 51.5 Å². The summed E-state index contributed by atoms with van der Waals surface area (Å²) in [5, 5.41) is 13.8. The van der Waals surface area contributed by atoms with Gasteiger partial charge in [-0.15, -0.1) is 0 Å². The van der Waals surface area contributed by atoms with Gasteiger partial charge in [0.1, 0.15) is 0 Å². The molecule has 4 rings (SSSR count). The number of carboxylic acid groups (broad SMARTS) is 1. The highest BCUT2D eigenvalue weighted by Gasteiger charge is 2.40. The van der Waals surface area contributed by atoms with Crippen LogP contribution in [0.2, 0.25) is 0 Å². The van der Waals surface area contributed by atoms with E-state index in [-0.39, 0.29) is 25.2 Å². The van der Waals surface area contributed by atoms with E-state index in [1.54, 1.807) is 21.8 Å². The average molecular weight is 371 g/mol. The maximum absolute atomic E-state index is 12.6. The molecule has 1 aromatic heterocycles. The normalized spacial score (nSPS) is 20.9. The van der Waals surface area contributed by atoms with E-state index >= 15 is 0 Å². The Labute approximate surface area is 156 Å². The number of carbonyl (C=O) groups is 2. The fourth-order valence-electron chi connectivity index (χ4n) is 3.73. The molecule has 0 aliphatic carbocycles. The zero-order valence-corrected chi connectivity index (χ0v) is 15.0. The number of fused-ring (bicyclic) bond motifs is 1. The molecular formula is C19H21N3O5. The van der Waals surface area contributed by atoms with Crippen LogP contribution in [0.25, 0.3) is 0 Å². The van der Waals surface area contributed by atoms with Gasteiger partial charge in [0, 0.05) is 43.9 Å². The van der Waals surface area contributed by atoms with Gasteiger partial charge in [-0.2, -0.15) is 5.10 Å². The monoisotopic (exact) mass is 371 g/mol. The van der Waals surface area contributed by atoms with E-state index in [1.807, 2.05) is 25.1 Å². The summed E-state index contributed by atoms with van der Waals surface area (Å²) in [4.78, 5) is 26.0. The number of ether oxygens (including phenoxy) is 2. The molecule has 2 aromatic rings. The topological polar surface area (TPSA) is 93.9 Å². The van der Waals surface area contributed by atoms with Gasteiger partial charge in [-0.25, -0.2) is 0 Å². The number of hydrogen-bond acceptors (Lipinski definition) is 5. The summed E-state index contributed by atoms with van der Waals surface area (Å²) < 4.78 is 12.5. The molecule has 8 heteroatoms. The Morgan fingerprint density at radius 2 is 2.04 bits per heavy atom. The lowest BCUT2D eigenvalue weighted by atomic mass is 9.89. The molecule has 0 spiro atoms. The number of aliphatic carboxylic acids is 1. The van der Waals surface area contributed by atoms with Gasteiger partial charge < -0.3 is 19.5 Å². The molecule has 0 radical (unpaired) electrons. The average Bonchev–Trinajstić information content (AvgIpc) is 3.38. The second-order valence-corrected chi connectivity index (χ2v) is 6.91. The number of benzene rings is 1. The molecule has 1 aromatic carbocycles. The molecule has 2 aliphatic rings. The molecule has 2 aliphatic heterocycles. The number of carboxylic acids is 1. The number of rotatable bonds is 5. The first-order valence-corrected chi connectivity index (χ1v) is 8.91. The second kappa shape index (κ2) is 6.94. The van der Waals surface area contributed by atoms with Gasteiger partial charge in [0.05, 0.1) is 5.92 Å². The highest BCUT2D eigenvalue weighted by molar-refractivity contribution is 5.79. The Morgan fingerprint density at radius 3 is 2.78 bits per heavy atom. The van der Waals surface area contributed by atoms with Crippen molar-refractivity contribution in [3.8, 4) is 11.5 Å². The summed E-state index contributed by atoms with van der Waals surface area (Å²) in [6.07, 6.45) is 1.99. The fourth-order valence-corrected chi connectivity index (χ4v) is 3.73. The number of aryl methyl sites for hydroxylation is 2. The van der Waals surface area contributed by atoms with E-state index in [2.05, 4.69) is 5.10 Å². The van der Waals surface area contributed by atoms with E-state index in [9.17, 15) is 14.7 Å². The first-order chi connectivity index (χ1) is 13.0. The summed E-state index contributed by atoms with van der Waals surface area (Å²) in [5.74, 6) is -0.579. The number of nitrogens with zero attached hydrogens (tertiary/aromatic N) is 3. The van der Waals surface area contributed by atoms with Crippen LogP contribution in [-0.2, 0) is 16.1 Å². The van der Waals surface area contributed by atoms with E-state index in [4.69, 9.17) is 9.47 Å². The highest BCUT2D eigenvalue weighted by Crippen LogP contribution is 2.39. The predicted octanol–water partition coefficient (Wildman–Crippen LogP) is 1.64. The molecule has 8 nitrogen and oxygen atoms in total. The van der Waals surface area contributed by atoms with E-state index in [0.29, 0.717) is 31.0 Å². The van der Waals surface area contributed by atoms with Crippen LogP contribution in [0.4, 0.5) is 0 Å². The van der Waals surface area contributed by atoms with Gasteiger partial charge in [-0.1, -0.05) is 6.07 Å². The molecule has 3 heterocycles. The Hall–Kier alpha value is -3.03. The lowest BCUT2D eigenvalue weighted by molar-refractivity contribution is -0.141. The highest BCUT2D eigenvalue weighted by atomic mass is 16.7. The van der Waals surface area contributed by atoms with Crippen LogP contribution in [0.3, 0.4) is 0 Å². The van der Waals surface area contributed by atoms with Crippen molar-refractivity contribution < 1.29 is 24.2 Å². The van der Waals surface area contributed by atoms with Crippen molar-refractivity contribution in [2.75, 3.05) is 19.9 Å². The van der Waals surface area contributed by atoms with Crippen molar-refractivity contribution in [2.24, 2.45) is 5.92 Å². The first kappa shape index (κ1) is 17.4. The smallest absolute Gasteiger partial charge is 0.308 e. The lowest BCUT2D eigenvalue weighted by Crippen LogP contribution is -2.30. The third-order valence-corrected chi connectivity index (χ3v) is 5.28. The van der Waals surface area contributed by atoms with Crippen LogP contribution in [0.15, 0.2) is 30.5 Å². The predicted molar refractivity (Wildman–Crippen MR) is 94.6 cm³/mol. The van der Waals surface area contributed by atoms with Gasteiger partial charge >= 0.3 is 5.97 Å². The van der Waals surface area contributed by atoms with Crippen molar-refractivity contribution >= 4 is 11.9 Å². The van der Waals surface area contributed by atoms with Crippen molar-refractivity contribution in [1.82, 2.24) is 14.7 Å². The van der Waals surface area contributed by atoms with Gasteiger partial charge in [0.25, 0.3) is 0 Å². The summed E-state index contributed by atoms with van der Waals surface area (Å²) >= 11 is 0. The summed E-state index contributed by atoms with van der Waals surface area (Å²) in [6, 6.07) is 7.36. The molecule has 1 N–H and O–H groups in total. The van der Waals surface area contributed by atoms with Gasteiger partial charge in [-0.3, -0.25) is 14.3 Å². The zero-order valence-electron chi connectivity index (χ0n) is 15.0. The number of aromatic nitrogens is 2. The quantitative estimate of drug-likeness (QED) is 0.859. The van der Waals surface area contributed by atoms with E-state index in [0.717, 1.165) is 11.3 Å². The molecule has 27 heavy (non-hydrogen) atoms. The van der Waals surface area contributed by atoms with Crippen LogP contribution in [0.5, 0.6) is 11.5 Å². The number of amides is 1. The van der Waals surface area contributed by atoms with Crippen LogP contribution < -0.4 is 9.47 Å². The second-order valence-electron chi connectivity index (χ2n) is 6.91. The molecule has 1 fully saturated rings. The number of carbonyl (C=O) groups excluding carboxylic acids is 1. The fraction of sp³-hybridized carbons (Fsp3) is 0.421. The third-order valence-electron chi connectivity index (χ3n) is 5.28. The molecule has 1 saturated heterocycles.